The number of hydrogen-bond donors (Lipinski definition) is 1. The zero-order chi connectivity index (χ0) is 8.32. The van der Waals surface area contributed by atoms with Gasteiger partial charge in [-0.15, -0.1) is 11.8 Å². The summed E-state index contributed by atoms with van der Waals surface area (Å²) < 4.78 is 4.74. The average molecular weight is 174 g/mol. The molecule has 0 amide bonds. The quantitative estimate of drug-likeness (QED) is 0.597. The summed E-state index contributed by atoms with van der Waals surface area (Å²) in [6.07, 6.45) is 0. The molecule has 11 heavy (non-hydrogen) atoms. The van der Waals surface area contributed by atoms with Crippen LogP contribution in [0, 0.1) is 0 Å². The number of carbonyl (C=O) groups is 1. The van der Waals surface area contributed by atoms with Crippen LogP contribution in [-0.4, -0.2) is 29.5 Å². The Labute approximate surface area is 69.2 Å². The van der Waals surface area contributed by atoms with Crippen LogP contribution in [0.3, 0.4) is 0 Å². The maximum absolute atomic E-state index is 11.1. The highest BCUT2D eigenvalue weighted by molar-refractivity contribution is 8.12. The molecule has 0 radical (unpaired) electrons. The molecule has 0 saturated heterocycles. The Kier molecular flexibility index (Phi) is 2.51. The third-order valence-corrected chi connectivity index (χ3v) is 2.15. The molecular formula is C6H10N2O2S. The van der Waals surface area contributed by atoms with Gasteiger partial charge in [0.15, 0.2) is 0 Å². The van der Waals surface area contributed by atoms with Gasteiger partial charge in [0, 0.05) is 5.75 Å². The van der Waals surface area contributed by atoms with Gasteiger partial charge in [0.05, 0.1) is 12.2 Å². The summed E-state index contributed by atoms with van der Waals surface area (Å²) in [4.78, 5) is 14.9. The molecule has 1 rings (SSSR count). The zero-order valence-corrected chi connectivity index (χ0v) is 7.06. The van der Waals surface area contributed by atoms with Crippen LogP contribution in [0.25, 0.3) is 0 Å². The van der Waals surface area contributed by atoms with Crippen molar-refractivity contribution in [1.82, 2.24) is 0 Å². The SMILES string of the molecule is CCOC(=O)C1(N)CSC=N1. The van der Waals surface area contributed by atoms with Crippen molar-refractivity contribution < 1.29 is 9.53 Å². The highest BCUT2D eigenvalue weighted by atomic mass is 32.2. The van der Waals surface area contributed by atoms with Gasteiger partial charge in [-0.2, -0.15) is 0 Å². The molecule has 0 aromatic heterocycles. The molecule has 5 heteroatoms. The van der Waals surface area contributed by atoms with Gasteiger partial charge in [-0.25, -0.2) is 4.79 Å². The zero-order valence-electron chi connectivity index (χ0n) is 6.24. The molecule has 0 aromatic carbocycles. The number of carbonyl (C=O) groups excluding carboxylic acids is 1. The van der Waals surface area contributed by atoms with Crippen LogP contribution < -0.4 is 5.73 Å². The molecule has 1 unspecified atom stereocenters. The number of nitrogens with two attached hydrogens (primary N) is 1. The molecule has 0 bridgehead atoms. The smallest absolute Gasteiger partial charge is 0.349 e. The van der Waals surface area contributed by atoms with Gasteiger partial charge in [0.2, 0.25) is 5.66 Å². The molecule has 4 nitrogen and oxygen atoms in total. The summed E-state index contributed by atoms with van der Waals surface area (Å²) in [5.41, 5.74) is 6.05. The van der Waals surface area contributed by atoms with Gasteiger partial charge in [-0.1, -0.05) is 0 Å². The van der Waals surface area contributed by atoms with Gasteiger partial charge in [0.25, 0.3) is 0 Å². The summed E-state index contributed by atoms with van der Waals surface area (Å²) in [6, 6.07) is 0. The fourth-order valence-electron chi connectivity index (χ4n) is 0.701. The first-order valence-corrected chi connectivity index (χ1v) is 4.35. The molecule has 0 aromatic rings. The number of esters is 1. The normalized spacial score (nSPS) is 28.9. The summed E-state index contributed by atoms with van der Waals surface area (Å²) in [5, 5.41) is 0. The lowest BCUT2D eigenvalue weighted by molar-refractivity contribution is -0.148. The number of ether oxygens (including phenoxy) is 1. The minimum absolute atomic E-state index is 0.345. The minimum atomic E-state index is -1.12. The van der Waals surface area contributed by atoms with Gasteiger partial charge >= 0.3 is 5.97 Å². The van der Waals surface area contributed by atoms with E-state index in [2.05, 4.69) is 4.99 Å². The van der Waals surface area contributed by atoms with Crippen LogP contribution in [-0.2, 0) is 9.53 Å². The Morgan fingerprint density at radius 3 is 3.18 bits per heavy atom. The molecule has 62 valence electrons. The van der Waals surface area contributed by atoms with E-state index in [1.165, 1.54) is 11.8 Å². The molecule has 1 aliphatic heterocycles. The fourth-order valence-corrected chi connectivity index (χ4v) is 1.48. The van der Waals surface area contributed by atoms with Crippen molar-refractivity contribution in [2.75, 3.05) is 12.4 Å². The second kappa shape index (κ2) is 3.23. The Hall–Kier alpha value is -0.550. The fraction of sp³-hybridized carbons (Fsp3) is 0.667. The van der Waals surface area contributed by atoms with Gasteiger partial charge in [-0.3, -0.25) is 10.7 Å². The first kappa shape index (κ1) is 8.55. The van der Waals surface area contributed by atoms with Gasteiger partial charge in [-0.05, 0) is 6.92 Å². The van der Waals surface area contributed by atoms with Crippen molar-refractivity contribution in [3.8, 4) is 0 Å². The number of rotatable bonds is 2. The van der Waals surface area contributed by atoms with Crippen molar-refractivity contribution >= 4 is 23.3 Å². The van der Waals surface area contributed by atoms with Crippen molar-refractivity contribution in [2.24, 2.45) is 10.7 Å². The van der Waals surface area contributed by atoms with E-state index in [1.54, 1.807) is 12.5 Å². The second-order valence-corrected chi connectivity index (χ2v) is 3.02. The van der Waals surface area contributed by atoms with E-state index >= 15 is 0 Å². The maximum atomic E-state index is 11.1. The minimum Gasteiger partial charge on any atom is -0.463 e. The van der Waals surface area contributed by atoms with Crippen LogP contribution in [0.15, 0.2) is 4.99 Å². The van der Waals surface area contributed by atoms with Crippen LogP contribution in [0.2, 0.25) is 0 Å². The Morgan fingerprint density at radius 1 is 2.00 bits per heavy atom. The summed E-state index contributed by atoms with van der Waals surface area (Å²) in [5.74, 6) is 0.0347. The molecular weight excluding hydrogens is 164 g/mol. The van der Waals surface area contributed by atoms with Crippen LogP contribution >= 0.6 is 11.8 Å². The van der Waals surface area contributed by atoms with Crippen molar-refractivity contribution in [3.05, 3.63) is 0 Å². The van der Waals surface area contributed by atoms with Crippen LogP contribution in [0.4, 0.5) is 0 Å². The number of nitrogens with zero attached hydrogens (tertiary/aromatic N) is 1. The first-order chi connectivity index (χ1) is 5.19. The molecule has 0 fully saturated rings. The Bertz CT molecular complexity index is 195. The van der Waals surface area contributed by atoms with Gasteiger partial charge in [0.1, 0.15) is 0 Å². The monoisotopic (exact) mass is 174 g/mol. The van der Waals surface area contributed by atoms with E-state index in [4.69, 9.17) is 10.5 Å². The lowest BCUT2D eigenvalue weighted by Gasteiger charge is -2.16. The molecule has 0 saturated carbocycles. The van der Waals surface area contributed by atoms with Crippen LogP contribution in [0.1, 0.15) is 6.92 Å². The lowest BCUT2D eigenvalue weighted by atomic mass is 10.2. The van der Waals surface area contributed by atoms with Gasteiger partial charge < -0.3 is 4.74 Å². The lowest BCUT2D eigenvalue weighted by Crippen LogP contribution is -2.47. The standard InChI is InChI=1S/C6H10N2O2S/c1-2-10-5(9)6(7)3-11-4-8-6/h4H,2-3,7H2,1H3. The highest BCUT2D eigenvalue weighted by Crippen LogP contribution is 2.19. The number of hydrogen-bond acceptors (Lipinski definition) is 5. The summed E-state index contributed by atoms with van der Waals surface area (Å²) in [6.45, 7) is 2.09. The largest absolute Gasteiger partial charge is 0.463 e. The Balaban J connectivity index is 2.57. The second-order valence-electron chi connectivity index (χ2n) is 2.19. The van der Waals surface area contributed by atoms with E-state index < -0.39 is 11.6 Å². The van der Waals surface area contributed by atoms with Crippen molar-refractivity contribution in [1.29, 1.82) is 0 Å². The molecule has 0 spiro atoms. The third kappa shape index (κ3) is 1.72. The van der Waals surface area contributed by atoms with E-state index in [-0.39, 0.29) is 0 Å². The summed E-state index contributed by atoms with van der Waals surface area (Å²) in [7, 11) is 0. The Morgan fingerprint density at radius 2 is 2.73 bits per heavy atom. The molecule has 1 atom stereocenters. The summed E-state index contributed by atoms with van der Waals surface area (Å²) >= 11 is 1.42. The highest BCUT2D eigenvalue weighted by Gasteiger charge is 2.37. The van der Waals surface area contributed by atoms with Crippen molar-refractivity contribution in [2.45, 2.75) is 12.6 Å². The number of thioether (sulfide) groups is 1. The molecule has 1 aliphatic rings. The topological polar surface area (TPSA) is 64.7 Å². The first-order valence-electron chi connectivity index (χ1n) is 3.30. The predicted molar refractivity (Wildman–Crippen MR) is 44.5 cm³/mol. The van der Waals surface area contributed by atoms with Crippen LogP contribution in [0.5, 0.6) is 0 Å². The maximum Gasteiger partial charge on any atom is 0.349 e. The molecule has 1 heterocycles. The third-order valence-electron chi connectivity index (χ3n) is 1.29. The molecule has 2 N–H and O–H groups in total. The average Bonchev–Trinajstić information content (AvgIpc) is 2.38. The van der Waals surface area contributed by atoms with E-state index in [1.807, 2.05) is 0 Å². The predicted octanol–water partition coefficient (Wildman–Crippen LogP) is -0.0204. The number of aliphatic imine (C=N–C) groups is 1. The van der Waals surface area contributed by atoms with Crippen molar-refractivity contribution in [3.63, 3.8) is 0 Å². The van der Waals surface area contributed by atoms with E-state index in [0.29, 0.717) is 12.4 Å². The van der Waals surface area contributed by atoms with E-state index in [0.717, 1.165) is 0 Å². The van der Waals surface area contributed by atoms with E-state index in [9.17, 15) is 4.79 Å². The molecule has 0 aliphatic carbocycles.